The van der Waals surface area contributed by atoms with Gasteiger partial charge in [0.1, 0.15) is 17.4 Å². The number of esters is 1. The topological polar surface area (TPSA) is 129 Å². The van der Waals surface area contributed by atoms with Crippen molar-refractivity contribution in [3.05, 3.63) is 101 Å². The molecular weight excluding hydrogens is 526 g/mol. The molecule has 0 spiro atoms. The number of carbonyl (C=O) groups is 1. The lowest BCUT2D eigenvalue weighted by Crippen LogP contribution is -2.40. The second-order valence-electron chi connectivity index (χ2n) is 10.1. The van der Waals surface area contributed by atoms with Crippen LogP contribution in [0.25, 0.3) is 0 Å². The lowest BCUT2D eigenvalue weighted by atomic mass is 9.83. The van der Waals surface area contributed by atoms with Crippen LogP contribution < -0.4 is 4.72 Å². The van der Waals surface area contributed by atoms with Gasteiger partial charge in [0.05, 0.1) is 11.1 Å². The van der Waals surface area contributed by atoms with Gasteiger partial charge in [-0.05, 0) is 73.9 Å². The summed E-state index contributed by atoms with van der Waals surface area (Å²) in [6.45, 7) is 2.05. The average molecular weight is 560 g/mol. The van der Waals surface area contributed by atoms with Crippen LogP contribution in [0, 0.1) is 11.3 Å². The number of sulfonamides is 1. The Labute approximate surface area is 235 Å². The van der Waals surface area contributed by atoms with Gasteiger partial charge >= 0.3 is 5.97 Å². The molecular formula is C31H33N3O5S. The van der Waals surface area contributed by atoms with Crippen LogP contribution in [0.15, 0.2) is 89.3 Å². The van der Waals surface area contributed by atoms with Gasteiger partial charge in [-0.2, -0.15) is 13.7 Å². The summed E-state index contributed by atoms with van der Waals surface area (Å²) in [5.41, 5.74) is 2.30. The highest BCUT2D eigenvalue weighted by atomic mass is 32.2. The molecule has 0 saturated heterocycles. The van der Waals surface area contributed by atoms with Crippen molar-refractivity contribution >= 4 is 21.7 Å². The van der Waals surface area contributed by atoms with Gasteiger partial charge < -0.3 is 9.84 Å². The van der Waals surface area contributed by atoms with E-state index in [1.807, 2.05) is 37.3 Å². The molecule has 2 N–H and O–H groups in total. The number of aliphatic hydroxyl groups excluding tert-OH is 1. The van der Waals surface area contributed by atoms with Crippen LogP contribution in [0.4, 0.5) is 5.69 Å². The highest BCUT2D eigenvalue weighted by Crippen LogP contribution is 2.38. The van der Waals surface area contributed by atoms with Crippen LogP contribution >= 0.6 is 0 Å². The monoisotopic (exact) mass is 559 g/mol. The summed E-state index contributed by atoms with van der Waals surface area (Å²) in [5, 5.41) is 19.6. The number of hydrogen-bond acceptors (Lipinski definition) is 7. The standard InChI is InChI=1S/C31H33N3O5S/c1-2-17-31(18-16-23-8-4-3-5-9-23)20-28(35)27(30(36)39-31)13-7-11-24-10-6-12-26(19-24)34-40(37,38)29-15-14-25(21-32)22-33-29/h3-6,8-10,12,14-15,19,22,34-35H,2,7,11,13,16-18,20H2,1H3/t31-/m1/s1. The predicted octanol–water partition coefficient (Wildman–Crippen LogP) is 6.01. The Morgan fingerprint density at radius 1 is 1.02 bits per heavy atom. The molecule has 3 aromatic rings. The zero-order valence-electron chi connectivity index (χ0n) is 22.5. The fourth-order valence-electron chi connectivity index (χ4n) is 5.02. The second-order valence-corrected chi connectivity index (χ2v) is 11.7. The highest BCUT2D eigenvalue weighted by molar-refractivity contribution is 7.92. The fraction of sp³-hybridized carbons (Fsp3) is 0.323. The quantitative estimate of drug-likeness (QED) is 0.260. The molecule has 0 bridgehead atoms. The van der Waals surface area contributed by atoms with Crippen LogP contribution in [0.1, 0.15) is 62.1 Å². The Morgan fingerprint density at radius 3 is 2.48 bits per heavy atom. The summed E-state index contributed by atoms with van der Waals surface area (Å²) in [6, 6.07) is 21.6. The van der Waals surface area contributed by atoms with Gasteiger partial charge in [-0.15, -0.1) is 0 Å². The minimum atomic E-state index is -3.92. The number of aliphatic hydroxyl groups is 1. The number of cyclic esters (lactones) is 1. The molecule has 1 atom stereocenters. The Hall–Kier alpha value is -4.16. The van der Waals surface area contributed by atoms with Gasteiger partial charge in [0.25, 0.3) is 10.0 Å². The maximum atomic E-state index is 13.0. The van der Waals surface area contributed by atoms with E-state index >= 15 is 0 Å². The Morgan fingerprint density at radius 2 is 1.80 bits per heavy atom. The number of nitrogens with zero attached hydrogens (tertiary/aromatic N) is 2. The van der Waals surface area contributed by atoms with Crippen LogP contribution in [0.5, 0.6) is 0 Å². The molecule has 1 aliphatic heterocycles. The molecule has 0 aliphatic carbocycles. The number of aromatic nitrogens is 1. The molecule has 8 nitrogen and oxygen atoms in total. The van der Waals surface area contributed by atoms with E-state index in [1.54, 1.807) is 18.2 Å². The fourth-order valence-corrected chi connectivity index (χ4v) is 6.00. The zero-order chi connectivity index (χ0) is 28.6. The third-order valence-corrected chi connectivity index (χ3v) is 8.32. The molecule has 0 fully saturated rings. The molecule has 4 rings (SSSR count). The largest absolute Gasteiger partial charge is 0.512 e. The number of benzene rings is 2. The van der Waals surface area contributed by atoms with Crippen molar-refractivity contribution < 1.29 is 23.1 Å². The smallest absolute Gasteiger partial charge is 0.337 e. The van der Waals surface area contributed by atoms with E-state index in [1.165, 1.54) is 23.9 Å². The number of aryl methyl sites for hydroxylation is 2. The number of ether oxygens (including phenoxy) is 1. The molecule has 2 heterocycles. The van der Waals surface area contributed by atoms with Crippen LogP contribution in [0.3, 0.4) is 0 Å². The molecule has 0 unspecified atom stereocenters. The maximum Gasteiger partial charge on any atom is 0.337 e. The Kier molecular flexibility index (Phi) is 9.22. The Balaban J connectivity index is 1.37. The van der Waals surface area contributed by atoms with Crippen molar-refractivity contribution in [2.75, 3.05) is 4.72 Å². The highest BCUT2D eigenvalue weighted by Gasteiger charge is 2.40. The SMILES string of the molecule is CCC[C@@]1(CCc2ccccc2)CC(O)=C(CCCc2cccc(NS(=O)(=O)c3ccc(C#N)cn3)c2)C(=O)O1. The molecule has 2 aromatic carbocycles. The van der Waals surface area contributed by atoms with Gasteiger partial charge in [0.2, 0.25) is 0 Å². The summed E-state index contributed by atoms with van der Waals surface area (Å²) in [6.07, 6.45) is 5.96. The minimum Gasteiger partial charge on any atom is -0.512 e. The first-order valence-corrected chi connectivity index (χ1v) is 14.9. The number of rotatable bonds is 12. The van der Waals surface area contributed by atoms with Gasteiger partial charge in [0.15, 0.2) is 5.03 Å². The van der Waals surface area contributed by atoms with Crippen molar-refractivity contribution in [3.63, 3.8) is 0 Å². The number of anilines is 1. The lowest BCUT2D eigenvalue weighted by Gasteiger charge is -2.37. The van der Waals surface area contributed by atoms with Gasteiger partial charge in [0, 0.05) is 18.3 Å². The predicted molar refractivity (Wildman–Crippen MR) is 152 cm³/mol. The molecule has 0 saturated carbocycles. The molecule has 9 heteroatoms. The van der Waals surface area contributed by atoms with E-state index in [2.05, 4.69) is 21.8 Å². The molecule has 40 heavy (non-hydrogen) atoms. The van der Waals surface area contributed by atoms with Gasteiger partial charge in [-0.3, -0.25) is 4.72 Å². The number of carbonyl (C=O) groups excluding carboxylic acids is 1. The summed E-state index contributed by atoms with van der Waals surface area (Å²) in [4.78, 5) is 16.9. The van der Waals surface area contributed by atoms with Crippen molar-refractivity contribution in [1.82, 2.24) is 4.98 Å². The van der Waals surface area contributed by atoms with Crippen molar-refractivity contribution in [2.45, 2.75) is 68.9 Å². The lowest BCUT2D eigenvalue weighted by molar-refractivity contribution is -0.161. The maximum absolute atomic E-state index is 13.0. The van der Waals surface area contributed by atoms with E-state index in [-0.39, 0.29) is 16.3 Å². The summed E-state index contributed by atoms with van der Waals surface area (Å²) >= 11 is 0. The molecule has 0 radical (unpaired) electrons. The normalized spacial score (nSPS) is 17.2. The third kappa shape index (κ3) is 7.27. The van der Waals surface area contributed by atoms with Crippen molar-refractivity contribution in [1.29, 1.82) is 5.26 Å². The minimum absolute atomic E-state index is 0.106. The first kappa shape index (κ1) is 28.8. The summed E-state index contributed by atoms with van der Waals surface area (Å²) in [7, 11) is -3.92. The first-order valence-electron chi connectivity index (χ1n) is 13.4. The van der Waals surface area contributed by atoms with Gasteiger partial charge in [-0.1, -0.05) is 55.8 Å². The number of hydrogen-bond donors (Lipinski definition) is 2. The summed E-state index contributed by atoms with van der Waals surface area (Å²) in [5.74, 6) is -0.351. The van der Waals surface area contributed by atoms with E-state index in [0.29, 0.717) is 49.8 Å². The average Bonchev–Trinajstić information content (AvgIpc) is 2.94. The first-order chi connectivity index (χ1) is 19.2. The second kappa shape index (κ2) is 12.8. The number of nitriles is 1. The van der Waals surface area contributed by atoms with Gasteiger partial charge in [-0.25, -0.2) is 9.78 Å². The zero-order valence-corrected chi connectivity index (χ0v) is 23.3. The molecule has 1 aromatic heterocycles. The van der Waals surface area contributed by atoms with E-state index in [9.17, 15) is 18.3 Å². The van der Waals surface area contributed by atoms with E-state index in [4.69, 9.17) is 10.00 Å². The van der Waals surface area contributed by atoms with E-state index < -0.39 is 21.6 Å². The number of nitrogens with one attached hydrogen (secondary N) is 1. The van der Waals surface area contributed by atoms with Crippen LogP contribution in [-0.2, 0) is 32.4 Å². The third-order valence-electron chi connectivity index (χ3n) is 7.02. The molecule has 0 amide bonds. The van der Waals surface area contributed by atoms with Crippen LogP contribution in [-0.4, -0.2) is 30.1 Å². The summed E-state index contributed by atoms with van der Waals surface area (Å²) < 4.78 is 33.9. The Bertz CT molecular complexity index is 1510. The van der Waals surface area contributed by atoms with Crippen molar-refractivity contribution in [2.24, 2.45) is 0 Å². The van der Waals surface area contributed by atoms with Crippen LogP contribution in [0.2, 0.25) is 0 Å². The molecule has 208 valence electrons. The number of pyridine rings is 1. The van der Waals surface area contributed by atoms with E-state index in [0.717, 1.165) is 18.4 Å². The van der Waals surface area contributed by atoms with Crippen molar-refractivity contribution in [3.8, 4) is 6.07 Å². The molecule has 1 aliphatic rings.